The summed E-state index contributed by atoms with van der Waals surface area (Å²) in [6, 6.07) is 16.9. The largest absolute Gasteiger partial charge is 0.341 e. The minimum atomic E-state index is 0.410. The van der Waals surface area contributed by atoms with Crippen molar-refractivity contribution in [3.63, 3.8) is 0 Å². The molecule has 1 saturated heterocycles. The molecule has 0 amide bonds. The van der Waals surface area contributed by atoms with Gasteiger partial charge in [-0.2, -0.15) is 0 Å². The zero-order valence-electron chi connectivity index (χ0n) is 16.7. The van der Waals surface area contributed by atoms with E-state index in [1.807, 2.05) is 18.3 Å². The van der Waals surface area contributed by atoms with Crippen molar-refractivity contribution in [2.24, 2.45) is 0 Å². The highest BCUT2D eigenvalue weighted by Gasteiger charge is 2.25. The van der Waals surface area contributed by atoms with Gasteiger partial charge in [-0.3, -0.25) is 4.90 Å². The number of hydrogen-bond donors (Lipinski definition) is 1. The van der Waals surface area contributed by atoms with Gasteiger partial charge in [-0.15, -0.1) is 0 Å². The molecule has 0 aliphatic carbocycles. The first kappa shape index (κ1) is 18.0. The van der Waals surface area contributed by atoms with Crippen LogP contribution < -0.4 is 0 Å². The van der Waals surface area contributed by atoms with Crippen molar-refractivity contribution >= 4 is 11.0 Å². The normalized spacial score (nSPS) is 17.6. The van der Waals surface area contributed by atoms with Crippen molar-refractivity contribution in [3.05, 3.63) is 78.1 Å². The zero-order chi connectivity index (χ0) is 19.6. The van der Waals surface area contributed by atoms with Crippen molar-refractivity contribution < 1.29 is 0 Å². The number of aromatic amines is 1. The van der Waals surface area contributed by atoms with E-state index >= 15 is 0 Å². The van der Waals surface area contributed by atoms with Gasteiger partial charge in [0.2, 0.25) is 0 Å². The van der Waals surface area contributed by atoms with E-state index in [-0.39, 0.29) is 0 Å². The Morgan fingerprint density at radius 3 is 2.83 bits per heavy atom. The van der Waals surface area contributed by atoms with E-state index in [4.69, 9.17) is 9.97 Å². The minimum absolute atomic E-state index is 0.410. The Kier molecular flexibility index (Phi) is 4.82. The number of likely N-dealkylation sites (tertiary alicyclic amines) is 1. The average molecular weight is 383 g/mol. The lowest BCUT2D eigenvalue weighted by Crippen LogP contribution is -2.34. The summed E-state index contributed by atoms with van der Waals surface area (Å²) in [5.74, 6) is 1.45. The number of H-pyrrole nitrogens is 1. The molecule has 146 valence electrons. The van der Waals surface area contributed by atoms with Crippen LogP contribution in [0.5, 0.6) is 0 Å². The number of benzene rings is 2. The molecule has 2 aromatic carbocycles. The van der Waals surface area contributed by atoms with Crippen molar-refractivity contribution in [2.75, 3.05) is 13.1 Å². The van der Waals surface area contributed by atoms with Crippen LogP contribution in [0.1, 0.15) is 35.8 Å². The van der Waals surface area contributed by atoms with Crippen LogP contribution in [0.25, 0.3) is 22.2 Å². The van der Waals surface area contributed by atoms with E-state index < -0.39 is 0 Å². The number of nitrogens with zero attached hydrogens (tertiary/aromatic N) is 4. The number of aromatic nitrogens is 4. The Morgan fingerprint density at radius 2 is 1.97 bits per heavy atom. The molecule has 0 bridgehead atoms. The van der Waals surface area contributed by atoms with Gasteiger partial charge in [0, 0.05) is 24.2 Å². The third kappa shape index (κ3) is 3.78. The van der Waals surface area contributed by atoms with Crippen molar-refractivity contribution in [1.29, 1.82) is 0 Å². The first-order valence-corrected chi connectivity index (χ1v) is 10.3. The highest BCUT2D eigenvalue weighted by atomic mass is 15.2. The van der Waals surface area contributed by atoms with Gasteiger partial charge in [-0.1, -0.05) is 42.0 Å². The molecule has 0 radical (unpaired) electrons. The monoisotopic (exact) mass is 383 g/mol. The fourth-order valence-electron chi connectivity index (χ4n) is 4.33. The second-order valence-electron chi connectivity index (χ2n) is 7.96. The molecule has 4 aromatic rings. The molecule has 5 rings (SSSR count). The van der Waals surface area contributed by atoms with Gasteiger partial charge in [0.15, 0.2) is 0 Å². The molecule has 1 aliphatic rings. The molecule has 1 N–H and O–H groups in total. The van der Waals surface area contributed by atoms with Crippen LogP contribution in [0.3, 0.4) is 0 Å². The minimum Gasteiger partial charge on any atom is -0.341 e. The summed E-state index contributed by atoms with van der Waals surface area (Å²) in [5.41, 5.74) is 6.92. The third-order valence-electron chi connectivity index (χ3n) is 5.81. The summed E-state index contributed by atoms with van der Waals surface area (Å²) in [6.45, 7) is 5.05. The molecule has 3 heterocycles. The summed E-state index contributed by atoms with van der Waals surface area (Å²) in [4.78, 5) is 19.7. The first-order valence-electron chi connectivity index (χ1n) is 10.3. The number of rotatable bonds is 4. The van der Waals surface area contributed by atoms with E-state index in [0.29, 0.717) is 5.92 Å². The summed E-state index contributed by atoms with van der Waals surface area (Å²) in [6.07, 6.45) is 5.98. The Hall–Kier alpha value is -3.05. The number of nitrogens with one attached hydrogen (secondary N) is 1. The van der Waals surface area contributed by atoms with Crippen LogP contribution in [0, 0.1) is 6.92 Å². The number of para-hydroxylation sites is 2. The molecule has 0 spiro atoms. The summed E-state index contributed by atoms with van der Waals surface area (Å²) in [7, 11) is 0. The lowest BCUT2D eigenvalue weighted by atomic mass is 9.90. The van der Waals surface area contributed by atoms with E-state index in [2.05, 4.69) is 58.2 Å². The molecule has 5 heteroatoms. The first-order chi connectivity index (χ1) is 14.3. The maximum atomic E-state index is 4.76. The predicted molar refractivity (Wildman–Crippen MR) is 116 cm³/mol. The molecule has 1 fully saturated rings. The standard InChI is InChI=1S/C24H25N5/c1-17-8-10-18(11-9-17)20-13-25-16-26-24(20)19-5-4-12-29(14-19)15-23-27-21-6-2-3-7-22(21)28-23/h2-3,6-11,13,16,19H,4-5,12,14-15H2,1H3,(H,27,28). The van der Waals surface area contributed by atoms with Crippen LogP contribution in [0.4, 0.5) is 0 Å². The van der Waals surface area contributed by atoms with E-state index in [0.717, 1.165) is 54.2 Å². The molecule has 1 aliphatic heterocycles. The number of imidazole rings is 1. The fourth-order valence-corrected chi connectivity index (χ4v) is 4.33. The van der Waals surface area contributed by atoms with E-state index in [1.165, 1.54) is 17.5 Å². The van der Waals surface area contributed by atoms with Gasteiger partial charge < -0.3 is 4.98 Å². The van der Waals surface area contributed by atoms with Crippen molar-refractivity contribution in [3.8, 4) is 11.1 Å². The summed E-state index contributed by atoms with van der Waals surface area (Å²) < 4.78 is 0. The van der Waals surface area contributed by atoms with Crippen molar-refractivity contribution in [2.45, 2.75) is 32.2 Å². The summed E-state index contributed by atoms with van der Waals surface area (Å²) in [5, 5.41) is 0. The second-order valence-corrected chi connectivity index (χ2v) is 7.96. The fraction of sp³-hybridized carbons (Fsp3) is 0.292. The highest BCUT2D eigenvalue weighted by molar-refractivity contribution is 5.74. The summed E-state index contributed by atoms with van der Waals surface area (Å²) >= 11 is 0. The average Bonchev–Trinajstić information content (AvgIpc) is 3.17. The zero-order valence-corrected chi connectivity index (χ0v) is 16.7. The smallest absolute Gasteiger partial charge is 0.121 e. The third-order valence-corrected chi connectivity index (χ3v) is 5.81. The van der Waals surface area contributed by atoms with Crippen LogP contribution >= 0.6 is 0 Å². The maximum Gasteiger partial charge on any atom is 0.121 e. The van der Waals surface area contributed by atoms with Gasteiger partial charge in [0.1, 0.15) is 12.2 Å². The van der Waals surface area contributed by atoms with Crippen LogP contribution in [-0.4, -0.2) is 37.9 Å². The van der Waals surface area contributed by atoms with Crippen LogP contribution in [0.15, 0.2) is 61.1 Å². The molecule has 1 atom stereocenters. The maximum absolute atomic E-state index is 4.76. The molecule has 29 heavy (non-hydrogen) atoms. The van der Waals surface area contributed by atoms with E-state index in [9.17, 15) is 0 Å². The Bertz CT molecular complexity index is 1080. The predicted octanol–water partition coefficient (Wildman–Crippen LogP) is 4.71. The van der Waals surface area contributed by atoms with Gasteiger partial charge in [0.05, 0.1) is 23.3 Å². The Balaban J connectivity index is 1.37. The topological polar surface area (TPSA) is 57.7 Å². The molecular weight excluding hydrogens is 358 g/mol. The van der Waals surface area contributed by atoms with Gasteiger partial charge in [0.25, 0.3) is 0 Å². The number of hydrogen-bond acceptors (Lipinski definition) is 4. The van der Waals surface area contributed by atoms with Gasteiger partial charge >= 0.3 is 0 Å². The lowest BCUT2D eigenvalue weighted by molar-refractivity contribution is 0.195. The number of fused-ring (bicyclic) bond motifs is 1. The molecular formula is C24H25N5. The Morgan fingerprint density at radius 1 is 1.10 bits per heavy atom. The number of aryl methyl sites for hydroxylation is 1. The van der Waals surface area contributed by atoms with Crippen molar-refractivity contribution in [1.82, 2.24) is 24.8 Å². The SMILES string of the molecule is Cc1ccc(-c2cncnc2C2CCCN(Cc3nc4ccccc4[nH]3)C2)cc1. The molecule has 2 aromatic heterocycles. The van der Waals surface area contributed by atoms with Gasteiger partial charge in [-0.05, 0) is 44.0 Å². The molecule has 0 saturated carbocycles. The highest BCUT2D eigenvalue weighted by Crippen LogP contribution is 2.33. The Labute approximate surface area is 170 Å². The molecule has 5 nitrogen and oxygen atoms in total. The van der Waals surface area contributed by atoms with Gasteiger partial charge in [-0.25, -0.2) is 15.0 Å². The second kappa shape index (κ2) is 7.76. The number of piperidine rings is 1. The molecule has 1 unspecified atom stereocenters. The lowest BCUT2D eigenvalue weighted by Gasteiger charge is -2.32. The van der Waals surface area contributed by atoms with Crippen LogP contribution in [0.2, 0.25) is 0 Å². The van der Waals surface area contributed by atoms with E-state index in [1.54, 1.807) is 6.33 Å². The van der Waals surface area contributed by atoms with Crippen LogP contribution in [-0.2, 0) is 6.54 Å². The quantitative estimate of drug-likeness (QED) is 0.555.